The number of hydrogen-bond acceptors (Lipinski definition) is 4. The number of carbonyl (C=O) groups is 2. The molecule has 3 atom stereocenters. The third-order valence-electron chi connectivity index (χ3n) is 7.28. The van der Waals surface area contributed by atoms with Gasteiger partial charge in [0.05, 0.1) is 18.8 Å². The van der Waals surface area contributed by atoms with Gasteiger partial charge in [0, 0.05) is 18.8 Å². The highest BCUT2D eigenvalue weighted by molar-refractivity contribution is 5.87. The quantitative estimate of drug-likeness (QED) is 0.411. The molecule has 1 aliphatic carbocycles. The zero-order valence-electron chi connectivity index (χ0n) is 20.5. The Morgan fingerprint density at radius 2 is 1.63 bits per heavy atom. The van der Waals surface area contributed by atoms with Crippen LogP contribution in [0.25, 0.3) is 11.1 Å². The molecular formula is C30H37NO4. The molecule has 2 aliphatic rings. The van der Waals surface area contributed by atoms with Crippen molar-refractivity contribution in [2.45, 2.75) is 70.1 Å². The third kappa shape index (κ3) is 7.12. The molecule has 5 heteroatoms. The number of ether oxygens (including phenoxy) is 1. The fourth-order valence-corrected chi connectivity index (χ4v) is 5.47. The second-order valence-corrected chi connectivity index (χ2v) is 9.77. The highest BCUT2D eigenvalue weighted by Crippen LogP contribution is 2.35. The first-order chi connectivity index (χ1) is 17.1. The summed E-state index contributed by atoms with van der Waals surface area (Å²) in [5.41, 5.74) is 3.50. The maximum Gasteiger partial charge on any atom is 0.303 e. The average molecular weight is 476 g/mol. The number of Topliss-reactive ketones (excluding diaryl/α,β-unsaturated/α-hetero) is 1. The normalized spacial score (nSPS) is 23.2. The summed E-state index contributed by atoms with van der Waals surface area (Å²) in [4.78, 5) is 26.2. The molecule has 2 aromatic carbocycles. The van der Waals surface area contributed by atoms with Crippen LogP contribution >= 0.6 is 0 Å². The number of ketones is 1. The minimum absolute atomic E-state index is 0.0480. The second-order valence-electron chi connectivity index (χ2n) is 9.77. The smallest absolute Gasteiger partial charge is 0.303 e. The van der Waals surface area contributed by atoms with E-state index >= 15 is 0 Å². The van der Waals surface area contributed by atoms with Gasteiger partial charge in [-0.15, -0.1) is 0 Å². The van der Waals surface area contributed by atoms with Crippen molar-refractivity contribution >= 4 is 11.8 Å². The molecule has 1 saturated carbocycles. The summed E-state index contributed by atoms with van der Waals surface area (Å²) >= 11 is 0. The number of hydrogen-bond donors (Lipinski definition) is 1. The van der Waals surface area contributed by atoms with Crippen LogP contribution in [-0.2, 0) is 20.9 Å². The lowest BCUT2D eigenvalue weighted by Gasteiger charge is -2.35. The zero-order chi connectivity index (χ0) is 24.5. The van der Waals surface area contributed by atoms with Crippen molar-refractivity contribution in [1.29, 1.82) is 0 Å². The first-order valence-corrected chi connectivity index (χ1v) is 13.0. The Hall–Kier alpha value is -2.76. The summed E-state index contributed by atoms with van der Waals surface area (Å²) in [6, 6.07) is 18.8. The molecule has 2 aromatic rings. The van der Waals surface area contributed by atoms with Crippen LogP contribution in [0.15, 0.2) is 66.7 Å². The summed E-state index contributed by atoms with van der Waals surface area (Å²) in [5, 5.41) is 8.82. The van der Waals surface area contributed by atoms with Crippen LogP contribution in [0.5, 0.6) is 0 Å². The second kappa shape index (κ2) is 12.8. The number of allylic oxidation sites excluding steroid dienone is 2. The first-order valence-electron chi connectivity index (χ1n) is 13.0. The SMILES string of the molecule is O=C(O)CC/C=C\CC[C@H]1[C@@H](OCc2ccc(-c3ccccc3)cc2)CC(=O)[C@@H]1N1CCCCC1. The lowest BCUT2D eigenvalue weighted by molar-refractivity contribution is -0.136. The van der Waals surface area contributed by atoms with E-state index in [2.05, 4.69) is 47.4 Å². The summed E-state index contributed by atoms with van der Waals surface area (Å²) in [7, 11) is 0. The Bertz CT molecular complexity index is 979. The number of carbonyl (C=O) groups excluding carboxylic acids is 1. The van der Waals surface area contributed by atoms with Gasteiger partial charge in [-0.05, 0) is 61.9 Å². The van der Waals surface area contributed by atoms with Crippen molar-refractivity contribution < 1.29 is 19.4 Å². The number of carboxylic acids is 1. The van der Waals surface area contributed by atoms with Crippen LogP contribution < -0.4 is 0 Å². The number of carboxylic acid groups (broad SMARTS) is 1. The van der Waals surface area contributed by atoms with Gasteiger partial charge in [-0.3, -0.25) is 14.5 Å². The summed E-state index contributed by atoms with van der Waals surface area (Å²) in [5.74, 6) is -0.282. The summed E-state index contributed by atoms with van der Waals surface area (Å²) < 4.78 is 6.40. The molecule has 0 unspecified atom stereocenters. The highest BCUT2D eigenvalue weighted by Gasteiger charge is 2.45. The van der Waals surface area contributed by atoms with Crippen LogP contribution in [0, 0.1) is 5.92 Å². The average Bonchev–Trinajstić information content (AvgIpc) is 3.20. The number of piperidine rings is 1. The molecule has 2 fully saturated rings. The van der Waals surface area contributed by atoms with Crippen LogP contribution in [0.1, 0.15) is 56.9 Å². The van der Waals surface area contributed by atoms with E-state index < -0.39 is 5.97 Å². The Morgan fingerprint density at radius 1 is 0.943 bits per heavy atom. The predicted molar refractivity (Wildman–Crippen MR) is 138 cm³/mol. The monoisotopic (exact) mass is 475 g/mol. The Labute approximate surface area is 208 Å². The Balaban J connectivity index is 1.38. The molecule has 1 heterocycles. The minimum atomic E-state index is -0.772. The van der Waals surface area contributed by atoms with Crippen molar-refractivity contribution in [3.05, 3.63) is 72.3 Å². The third-order valence-corrected chi connectivity index (χ3v) is 7.28. The number of benzene rings is 2. The van der Waals surface area contributed by atoms with E-state index in [1.807, 2.05) is 24.3 Å². The van der Waals surface area contributed by atoms with Gasteiger partial charge in [0.1, 0.15) is 0 Å². The topological polar surface area (TPSA) is 66.8 Å². The molecule has 0 bridgehead atoms. The molecule has 1 N–H and O–H groups in total. The summed E-state index contributed by atoms with van der Waals surface area (Å²) in [6.07, 6.45) is 10.4. The van der Waals surface area contributed by atoms with Crippen LogP contribution in [0.3, 0.4) is 0 Å². The molecule has 0 aromatic heterocycles. The van der Waals surface area contributed by atoms with Crippen LogP contribution in [0.4, 0.5) is 0 Å². The molecule has 35 heavy (non-hydrogen) atoms. The lowest BCUT2D eigenvalue weighted by Crippen LogP contribution is -2.46. The number of rotatable bonds is 11. The Morgan fingerprint density at radius 3 is 2.34 bits per heavy atom. The van der Waals surface area contributed by atoms with Gasteiger partial charge in [-0.25, -0.2) is 0 Å². The molecule has 0 radical (unpaired) electrons. The van der Waals surface area contributed by atoms with E-state index in [-0.39, 0.29) is 24.5 Å². The van der Waals surface area contributed by atoms with E-state index in [0.717, 1.165) is 44.3 Å². The van der Waals surface area contributed by atoms with E-state index in [4.69, 9.17) is 9.84 Å². The van der Waals surface area contributed by atoms with Gasteiger partial charge in [0.2, 0.25) is 0 Å². The fraction of sp³-hybridized carbons (Fsp3) is 0.467. The van der Waals surface area contributed by atoms with Gasteiger partial charge < -0.3 is 9.84 Å². The maximum atomic E-state index is 13.1. The minimum Gasteiger partial charge on any atom is -0.481 e. The van der Waals surface area contributed by atoms with Crippen molar-refractivity contribution in [1.82, 2.24) is 4.90 Å². The molecule has 0 spiro atoms. The maximum absolute atomic E-state index is 13.1. The molecule has 1 aliphatic heterocycles. The molecule has 186 valence electrons. The predicted octanol–water partition coefficient (Wildman–Crippen LogP) is 5.88. The molecule has 0 amide bonds. The van der Waals surface area contributed by atoms with Gasteiger partial charge in [0.15, 0.2) is 5.78 Å². The molecule has 1 saturated heterocycles. The standard InChI is InChI=1S/C30H37NO4/c32-27-21-28(35-22-23-15-17-25(18-16-23)24-11-5-3-6-12-24)26(13-7-1-2-8-14-29(33)34)30(27)31-19-9-4-10-20-31/h1-3,5-6,11-12,15-18,26,28,30H,4,7-10,13-14,19-22H2,(H,33,34)/b2-1-/t26-,28-,30+/m0/s1. The van der Waals surface area contributed by atoms with Crippen LogP contribution in [0.2, 0.25) is 0 Å². The first kappa shape index (κ1) is 25.3. The van der Waals surface area contributed by atoms with E-state index in [9.17, 15) is 9.59 Å². The van der Waals surface area contributed by atoms with Gasteiger partial charge in [-0.1, -0.05) is 73.2 Å². The van der Waals surface area contributed by atoms with Crippen molar-refractivity contribution in [3.63, 3.8) is 0 Å². The largest absolute Gasteiger partial charge is 0.481 e. The summed E-state index contributed by atoms with van der Waals surface area (Å²) in [6.45, 7) is 2.49. The van der Waals surface area contributed by atoms with E-state index in [1.54, 1.807) is 0 Å². The molecule has 4 rings (SSSR count). The number of aliphatic carboxylic acids is 1. The van der Waals surface area contributed by atoms with Gasteiger partial charge >= 0.3 is 5.97 Å². The fourth-order valence-electron chi connectivity index (χ4n) is 5.47. The van der Waals surface area contributed by atoms with Crippen molar-refractivity contribution in [3.8, 4) is 11.1 Å². The van der Waals surface area contributed by atoms with Crippen molar-refractivity contribution in [2.75, 3.05) is 13.1 Å². The van der Waals surface area contributed by atoms with E-state index in [0.29, 0.717) is 25.2 Å². The van der Waals surface area contributed by atoms with Crippen LogP contribution in [-0.4, -0.2) is 47.0 Å². The molecular weight excluding hydrogens is 438 g/mol. The Kier molecular flexibility index (Phi) is 9.27. The zero-order valence-corrected chi connectivity index (χ0v) is 20.5. The number of nitrogens with zero attached hydrogens (tertiary/aromatic N) is 1. The van der Waals surface area contributed by atoms with E-state index in [1.165, 1.54) is 17.5 Å². The van der Waals surface area contributed by atoms with Gasteiger partial charge in [0.25, 0.3) is 0 Å². The van der Waals surface area contributed by atoms with Gasteiger partial charge in [-0.2, -0.15) is 0 Å². The number of likely N-dealkylation sites (tertiary alicyclic amines) is 1. The lowest BCUT2D eigenvalue weighted by atomic mass is 9.92. The molecule has 5 nitrogen and oxygen atoms in total. The highest BCUT2D eigenvalue weighted by atomic mass is 16.5. The van der Waals surface area contributed by atoms with Crippen molar-refractivity contribution in [2.24, 2.45) is 5.92 Å².